The van der Waals surface area contributed by atoms with E-state index < -0.39 is 0 Å². The highest BCUT2D eigenvalue weighted by Gasteiger charge is 2.25. The minimum atomic E-state index is 0.125. The fourth-order valence-electron chi connectivity index (χ4n) is 3.28. The molecule has 1 aromatic heterocycles. The van der Waals surface area contributed by atoms with Crippen molar-refractivity contribution in [3.8, 4) is 11.4 Å². The van der Waals surface area contributed by atoms with Gasteiger partial charge in [0, 0.05) is 43.9 Å². The molecule has 1 aliphatic heterocycles. The van der Waals surface area contributed by atoms with Crippen LogP contribution in [0.4, 0.5) is 5.82 Å². The highest BCUT2D eigenvalue weighted by molar-refractivity contribution is 5.78. The number of rotatable bonds is 5. The lowest BCUT2D eigenvalue weighted by Crippen LogP contribution is -2.50. The highest BCUT2D eigenvalue weighted by atomic mass is 16.2. The topological polar surface area (TPSA) is 49.3 Å². The van der Waals surface area contributed by atoms with E-state index in [0.717, 1.165) is 56.2 Å². The molecule has 0 unspecified atom stereocenters. The van der Waals surface area contributed by atoms with Crippen LogP contribution in [-0.2, 0) is 4.79 Å². The van der Waals surface area contributed by atoms with Crippen molar-refractivity contribution in [2.45, 2.75) is 26.7 Å². The van der Waals surface area contributed by atoms with Gasteiger partial charge in [0.1, 0.15) is 5.82 Å². The Labute approximate surface area is 149 Å². The van der Waals surface area contributed by atoms with Gasteiger partial charge in [0.15, 0.2) is 5.82 Å². The van der Waals surface area contributed by atoms with Gasteiger partial charge in [0.2, 0.25) is 5.91 Å². The zero-order valence-electron chi connectivity index (χ0n) is 15.1. The van der Waals surface area contributed by atoms with E-state index in [1.54, 1.807) is 0 Å². The third-order valence-electron chi connectivity index (χ3n) is 4.73. The van der Waals surface area contributed by atoms with Gasteiger partial charge in [-0.25, -0.2) is 9.97 Å². The molecule has 1 saturated heterocycles. The van der Waals surface area contributed by atoms with Crippen LogP contribution >= 0.6 is 0 Å². The molecule has 0 bridgehead atoms. The first-order chi connectivity index (χ1) is 12.2. The quantitative estimate of drug-likeness (QED) is 0.840. The molecule has 1 amide bonds. The van der Waals surface area contributed by atoms with Crippen LogP contribution in [-0.4, -0.2) is 47.0 Å². The van der Waals surface area contributed by atoms with Gasteiger partial charge in [-0.2, -0.15) is 0 Å². The van der Waals surface area contributed by atoms with Crippen LogP contribution in [0.3, 0.4) is 0 Å². The van der Waals surface area contributed by atoms with Crippen LogP contribution in [0.15, 0.2) is 42.6 Å². The van der Waals surface area contributed by atoms with Crippen molar-refractivity contribution in [3.05, 3.63) is 42.6 Å². The maximum absolute atomic E-state index is 12.5. The second kappa shape index (κ2) is 8.10. The zero-order valence-corrected chi connectivity index (χ0v) is 15.1. The Hall–Kier alpha value is -2.43. The Bertz CT molecular complexity index is 696. The Morgan fingerprint density at radius 3 is 2.52 bits per heavy atom. The number of benzene rings is 1. The third kappa shape index (κ3) is 4.16. The molecule has 5 nitrogen and oxygen atoms in total. The van der Waals surface area contributed by atoms with Gasteiger partial charge in [-0.15, -0.1) is 0 Å². The van der Waals surface area contributed by atoms with Crippen molar-refractivity contribution in [1.82, 2.24) is 14.9 Å². The molecule has 2 heterocycles. The molecule has 3 rings (SSSR count). The summed E-state index contributed by atoms with van der Waals surface area (Å²) in [6, 6.07) is 12.0. The van der Waals surface area contributed by atoms with E-state index >= 15 is 0 Å². The summed E-state index contributed by atoms with van der Waals surface area (Å²) in [5.74, 6) is 2.09. The average molecular weight is 338 g/mol. The Morgan fingerprint density at radius 1 is 1.12 bits per heavy atom. The van der Waals surface area contributed by atoms with Gasteiger partial charge in [-0.3, -0.25) is 4.79 Å². The summed E-state index contributed by atoms with van der Waals surface area (Å²) in [4.78, 5) is 25.8. The highest BCUT2D eigenvalue weighted by Crippen LogP contribution is 2.20. The maximum atomic E-state index is 12.5. The van der Waals surface area contributed by atoms with Crippen molar-refractivity contribution in [2.75, 3.05) is 31.1 Å². The molecule has 0 N–H and O–H groups in total. The molecule has 0 spiro atoms. The van der Waals surface area contributed by atoms with E-state index in [9.17, 15) is 4.79 Å². The molecule has 1 atom stereocenters. The summed E-state index contributed by atoms with van der Waals surface area (Å²) in [7, 11) is 0. The Morgan fingerprint density at radius 2 is 1.84 bits per heavy atom. The molecule has 2 aromatic rings. The summed E-state index contributed by atoms with van der Waals surface area (Å²) in [6.45, 7) is 7.32. The van der Waals surface area contributed by atoms with Crippen molar-refractivity contribution in [3.63, 3.8) is 0 Å². The van der Waals surface area contributed by atoms with E-state index in [1.807, 2.05) is 54.4 Å². The normalized spacial score (nSPS) is 15.9. The van der Waals surface area contributed by atoms with Gasteiger partial charge < -0.3 is 9.80 Å². The summed E-state index contributed by atoms with van der Waals surface area (Å²) in [5, 5.41) is 0. The minimum absolute atomic E-state index is 0.125. The second-order valence-corrected chi connectivity index (χ2v) is 6.61. The van der Waals surface area contributed by atoms with Crippen molar-refractivity contribution >= 4 is 11.7 Å². The van der Waals surface area contributed by atoms with E-state index in [1.165, 1.54) is 0 Å². The fourth-order valence-corrected chi connectivity index (χ4v) is 3.28. The van der Waals surface area contributed by atoms with E-state index in [0.29, 0.717) is 0 Å². The molecule has 25 heavy (non-hydrogen) atoms. The SMILES string of the molecule is CCC[C@@H](C)C(=O)N1CCN(c2ccnc(-c3ccccc3)n2)CC1. The van der Waals surface area contributed by atoms with Gasteiger partial charge in [0.25, 0.3) is 0 Å². The summed E-state index contributed by atoms with van der Waals surface area (Å²) >= 11 is 0. The molecule has 0 radical (unpaired) electrons. The molecule has 1 aliphatic rings. The molecule has 5 heteroatoms. The van der Waals surface area contributed by atoms with Gasteiger partial charge >= 0.3 is 0 Å². The molecule has 132 valence electrons. The largest absolute Gasteiger partial charge is 0.353 e. The Kier molecular flexibility index (Phi) is 5.64. The van der Waals surface area contributed by atoms with Crippen LogP contribution in [0.5, 0.6) is 0 Å². The Balaban J connectivity index is 1.64. The molecule has 0 aliphatic carbocycles. The van der Waals surface area contributed by atoms with Crippen LogP contribution < -0.4 is 4.90 Å². The number of carbonyl (C=O) groups excluding carboxylic acids is 1. The number of hydrogen-bond acceptors (Lipinski definition) is 4. The lowest BCUT2D eigenvalue weighted by Gasteiger charge is -2.36. The summed E-state index contributed by atoms with van der Waals surface area (Å²) < 4.78 is 0. The van der Waals surface area contributed by atoms with Crippen molar-refractivity contribution < 1.29 is 4.79 Å². The maximum Gasteiger partial charge on any atom is 0.225 e. The average Bonchev–Trinajstić information content (AvgIpc) is 2.68. The van der Waals surface area contributed by atoms with Crippen LogP contribution in [0, 0.1) is 5.92 Å². The zero-order chi connectivity index (χ0) is 17.6. The van der Waals surface area contributed by atoms with Gasteiger partial charge in [-0.1, -0.05) is 50.6 Å². The predicted molar refractivity (Wildman–Crippen MR) is 100 cm³/mol. The van der Waals surface area contributed by atoms with E-state index in [4.69, 9.17) is 4.98 Å². The molecular weight excluding hydrogens is 312 g/mol. The third-order valence-corrected chi connectivity index (χ3v) is 4.73. The summed E-state index contributed by atoms with van der Waals surface area (Å²) in [5.41, 5.74) is 1.02. The number of anilines is 1. The fraction of sp³-hybridized carbons (Fsp3) is 0.450. The standard InChI is InChI=1S/C20H26N4O/c1-3-7-16(2)20(25)24-14-12-23(13-15-24)18-10-11-21-19(22-18)17-8-5-4-6-9-17/h4-6,8-11,16H,3,7,12-15H2,1-2H3/t16-/m1/s1. The van der Waals surface area contributed by atoms with Crippen LogP contribution in [0.1, 0.15) is 26.7 Å². The number of carbonyl (C=O) groups is 1. The number of nitrogens with zero attached hydrogens (tertiary/aromatic N) is 4. The summed E-state index contributed by atoms with van der Waals surface area (Å²) in [6.07, 6.45) is 3.83. The van der Waals surface area contributed by atoms with Crippen LogP contribution in [0.25, 0.3) is 11.4 Å². The first kappa shape index (κ1) is 17.4. The molecule has 1 fully saturated rings. The molecule has 1 aromatic carbocycles. The minimum Gasteiger partial charge on any atom is -0.353 e. The van der Waals surface area contributed by atoms with Crippen molar-refractivity contribution in [2.24, 2.45) is 5.92 Å². The predicted octanol–water partition coefficient (Wildman–Crippen LogP) is 3.23. The van der Waals surface area contributed by atoms with E-state index in [-0.39, 0.29) is 11.8 Å². The lowest BCUT2D eigenvalue weighted by molar-refractivity contribution is -0.135. The van der Waals surface area contributed by atoms with Crippen LogP contribution in [0.2, 0.25) is 0 Å². The first-order valence-electron chi connectivity index (χ1n) is 9.11. The smallest absolute Gasteiger partial charge is 0.225 e. The number of aromatic nitrogens is 2. The number of piperazine rings is 1. The number of amides is 1. The first-order valence-corrected chi connectivity index (χ1v) is 9.11. The van der Waals surface area contributed by atoms with Gasteiger partial charge in [0.05, 0.1) is 0 Å². The monoisotopic (exact) mass is 338 g/mol. The molecular formula is C20H26N4O. The second-order valence-electron chi connectivity index (χ2n) is 6.61. The lowest BCUT2D eigenvalue weighted by atomic mass is 10.0. The number of hydrogen-bond donors (Lipinski definition) is 0. The molecule has 0 saturated carbocycles. The van der Waals surface area contributed by atoms with Gasteiger partial charge in [-0.05, 0) is 12.5 Å². The van der Waals surface area contributed by atoms with Crippen molar-refractivity contribution in [1.29, 1.82) is 0 Å². The van der Waals surface area contributed by atoms with E-state index in [2.05, 4.69) is 16.8 Å².